The Balaban J connectivity index is 3.97. The van der Waals surface area contributed by atoms with Gasteiger partial charge in [-0.3, -0.25) is 4.79 Å². The lowest BCUT2D eigenvalue weighted by molar-refractivity contribution is -0.137. The molecule has 0 aliphatic rings. The Morgan fingerprint density at radius 1 is 1.26 bits per heavy atom. The number of urea groups is 1. The summed E-state index contributed by atoms with van der Waals surface area (Å²) in [5, 5.41) is 14.4. The highest BCUT2D eigenvalue weighted by atomic mass is 16.4. The van der Waals surface area contributed by atoms with Gasteiger partial charge in [0.1, 0.15) is 0 Å². The molecule has 0 saturated carbocycles. The van der Waals surface area contributed by atoms with Gasteiger partial charge in [-0.15, -0.1) is 0 Å². The summed E-state index contributed by atoms with van der Waals surface area (Å²) in [5.74, 6) is -0.844. The van der Waals surface area contributed by atoms with Crippen molar-refractivity contribution in [1.29, 1.82) is 0 Å². The van der Waals surface area contributed by atoms with Gasteiger partial charge >= 0.3 is 12.0 Å². The Morgan fingerprint density at radius 2 is 1.89 bits per heavy atom. The van der Waals surface area contributed by atoms with Crippen LogP contribution in [0.2, 0.25) is 0 Å². The minimum atomic E-state index is -0.844. The Labute approximate surface area is 116 Å². The standard InChI is InChI=1S/C14H28N2O3/c1-5-6-7-8-11(2)15-13(19)16-14(3,4)10-9-12(17)18/h11H,5-10H2,1-4H3,(H,17,18)(H2,15,16,19). The second-order valence-electron chi connectivity index (χ2n) is 5.77. The van der Waals surface area contributed by atoms with Gasteiger partial charge in [0, 0.05) is 18.0 Å². The molecule has 0 spiro atoms. The number of carbonyl (C=O) groups excluding carboxylic acids is 1. The zero-order chi connectivity index (χ0) is 14.9. The molecule has 5 heteroatoms. The average Bonchev–Trinajstić information content (AvgIpc) is 2.26. The van der Waals surface area contributed by atoms with Gasteiger partial charge < -0.3 is 15.7 Å². The normalized spacial score (nSPS) is 12.8. The summed E-state index contributed by atoms with van der Waals surface area (Å²) in [6.07, 6.45) is 4.90. The first-order valence-electron chi connectivity index (χ1n) is 7.07. The fourth-order valence-electron chi connectivity index (χ4n) is 1.82. The molecule has 0 aromatic carbocycles. The van der Waals surface area contributed by atoms with Gasteiger partial charge in [-0.1, -0.05) is 26.2 Å². The molecule has 1 atom stereocenters. The van der Waals surface area contributed by atoms with Crippen LogP contribution in [0, 0.1) is 0 Å². The third-order valence-electron chi connectivity index (χ3n) is 3.03. The second kappa shape index (κ2) is 8.77. The molecule has 112 valence electrons. The van der Waals surface area contributed by atoms with Crippen LogP contribution >= 0.6 is 0 Å². The smallest absolute Gasteiger partial charge is 0.315 e. The third-order valence-corrected chi connectivity index (χ3v) is 3.03. The van der Waals surface area contributed by atoms with Crippen molar-refractivity contribution in [3.05, 3.63) is 0 Å². The number of nitrogens with one attached hydrogen (secondary N) is 2. The van der Waals surface area contributed by atoms with E-state index in [0.29, 0.717) is 6.42 Å². The first kappa shape index (κ1) is 17.7. The van der Waals surface area contributed by atoms with Crippen LogP contribution < -0.4 is 10.6 Å². The number of hydrogen-bond donors (Lipinski definition) is 3. The van der Waals surface area contributed by atoms with Crippen LogP contribution in [0.5, 0.6) is 0 Å². The number of hydrogen-bond acceptors (Lipinski definition) is 2. The predicted octanol–water partition coefficient (Wildman–Crippen LogP) is 2.90. The first-order chi connectivity index (χ1) is 8.76. The van der Waals surface area contributed by atoms with Crippen molar-refractivity contribution in [2.75, 3.05) is 0 Å². The molecule has 0 bridgehead atoms. The Kier molecular flexibility index (Phi) is 8.19. The summed E-state index contributed by atoms with van der Waals surface area (Å²) in [6.45, 7) is 7.80. The number of aliphatic carboxylic acids is 1. The van der Waals surface area contributed by atoms with Crippen molar-refractivity contribution in [3.8, 4) is 0 Å². The van der Waals surface area contributed by atoms with Crippen LogP contribution in [0.1, 0.15) is 66.2 Å². The summed E-state index contributed by atoms with van der Waals surface area (Å²) >= 11 is 0. The van der Waals surface area contributed by atoms with Crippen molar-refractivity contribution < 1.29 is 14.7 Å². The van der Waals surface area contributed by atoms with Crippen molar-refractivity contribution in [2.45, 2.75) is 77.8 Å². The summed E-state index contributed by atoms with van der Waals surface area (Å²) < 4.78 is 0. The minimum Gasteiger partial charge on any atom is -0.481 e. The fraction of sp³-hybridized carbons (Fsp3) is 0.857. The van der Waals surface area contributed by atoms with Gasteiger partial charge in [0.2, 0.25) is 0 Å². The predicted molar refractivity (Wildman–Crippen MR) is 76.2 cm³/mol. The molecule has 0 heterocycles. The highest BCUT2D eigenvalue weighted by molar-refractivity contribution is 5.75. The SMILES string of the molecule is CCCCCC(C)NC(=O)NC(C)(C)CCC(=O)O. The summed E-state index contributed by atoms with van der Waals surface area (Å²) in [7, 11) is 0. The van der Waals surface area contributed by atoms with E-state index in [9.17, 15) is 9.59 Å². The molecule has 0 aromatic rings. The number of carboxylic acid groups (broad SMARTS) is 1. The van der Waals surface area contributed by atoms with Crippen molar-refractivity contribution in [3.63, 3.8) is 0 Å². The van der Waals surface area contributed by atoms with Crippen molar-refractivity contribution in [2.24, 2.45) is 0 Å². The lowest BCUT2D eigenvalue weighted by atomic mass is 9.99. The molecule has 0 radical (unpaired) electrons. The minimum absolute atomic E-state index is 0.0549. The molecule has 0 rings (SSSR count). The van der Waals surface area contributed by atoms with E-state index in [-0.39, 0.29) is 18.5 Å². The van der Waals surface area contributed by atoms with Crippen LogP contribution in [0.25, 0.3) is 0 Å². The average molecular weight is 272 g/mol. The molecular formula is C14H28N2O3. The number of amides is 2. The maximum absolute atomic E-state index is 11.8. The fourth-order valence-corrected chi connectivity index (χ4v) is 1.82. The molecule has 19 heavy (non-hydrogen) atoms. The molecule has 5 nitrogen and oxygen atoms in total. The number of carboxylic acids is 1. The Morgan fingerprint density at radius 3 is 2.42 bits per heavy atom. The van der Waals surface area contributed by atoms with Gasteiger partial charge in [-0.05, 0) is 33.6 Å². The van der Waals surface area contributed by atoms with Crippen molar-refractivity contribution in [1.82, 2.24) is 10.6 Å². The summed E-state index contributed by atoms with van der Waals surface area (Å²) in [4.78, 5) is 22.3. The van der Waals surface area contributed by atoms with E-state index in [2.05, 4.69) is 17.6 Å². The van der Waals surface area contributed by atoms with Gasteiger partial charge in [-0.25, -0.2) is 4.79 Å². The lowest BCUT2D eigenvalue weighted by Crippen LogP contribution is -2.50. The quantitative estimate of drug-likeness (QED) is 0.565. The van der Waals surface area contributed by atoms with Crippen LogP contribution in [-0.2, 0) is 4.79 Å². The second-order valence-corrected chi connectivity index (χ2v) is 5.77. The molecule has 0 aliphatic heterocycles. The van der Waals surface area contributed by atoms with E-state index in [4.69, 9.17) is 5.11 Å². The van der Waals surface area contributed by atoms with E-state index in [1.54, 1.807) is 0 Å². The Hall–Kier alpha value is -1.26. The zero-order valence-electron chi connectivity index (χ0n) is 12.6. The van der Waals surface area contributed by atoms with Gasteiger partial charge in [0.05, 0.1) is 0 Å². The number of carbonyl (C=O) groups is 2. The maximum Gasteiger partial charge on any atom is 0.315 e. The summed E-state index contributed by atoms with van der Waals surface area (Å²) in [5.41, 5.74) is -0.508. The van der Waals surface area contributed by atoms with E-state index in [0.717, 1.165) is 12.8 Å². The molecule has 1 unspecified atom stereocenters. The third kappa shape index (κ3) is 10.4. The van der Waals surface area contributed by atoms with E-state index in [1.807, 2.05) is 20.8 Å². The van der Waals surface area contributed by atoms with Crippen LogP contribution in [-0.4, -0.2) is 28.7 Å². The molecule has 3 N–H and O–H groups in total. The largest absolute Gasteiger partial charge is 0.481 e. The number of rotatable bonds is 9. The molecule has 2 amide bonds. The first-order valence-corrected chi connectivity index (χ1v) is 7.07. The highest BCUT2D eigenvalue weighted by Gasteiger charge is 2.21. The molecule has 0 aromatic heterocycles. The van der Waals surface area contributed by atoms with E-state index >= 15 is 0 Å². The highest BCUT2D eigenvalue weighted by Crippen LogP contribution is 2.11. The molecular weight excluding hydrogens is 244 g/mol. The van der Waals surface area contributed by atoms with E-state index < -0.39 is 11.5 Å². The summed E-state index contributed by atoms with van der Waals surface area (Å²) in [6, 6.07) is -0.0822. The number of unbranched alkanes of at least 4 members (excludes halogenated alkanes) is 2. The van der Waals surface area contributed by atoms with Crippen LogP contribution in [0.3, 0.4) is 0 Å². The topological polar surface area (TPSA) is 78.4 Å². The van der Waals surface area contributed by atoms with Crippen LogP contribution in [0.4, 0.5) is 4.79 Å². The zero-order valence-corrected chi connectivity index (χ0v) is 12.6. The van der Waals surface area contributed by atoms with Gasteiger partial charge in [0.15, 0.2) is 0 Å². The van der Waals surface area contributed by atoms with Crippen LogP contribution in [0.15, 0.2) is 0 Å². The molecule has 0 fully saturated rings. The maximum atomic E-state index is 11.8. The lowest BCUT2D eigenvalue weighted by Gasteiger charge is -2.27. The van der Waals surface area contributed by atoms with Gasteiger partial charge in [-0.2, -0.15) is 0 Å². The van der Waals surface area contributed by atoms with Crippen molar-refractivity contribution >= 4 is 12.0 Å². The monoisotopic (exact) mass is 272 g/mol. The van der Waals surface area contributed by atoms with E-state index in [1.165, 1.54) is 12.8 Å². The molecule has 0 saturated heterocycles. The Bertz CT molecular complexity index is 290. The molecule has 0 aliphatic carbocycles. The van der Waals surface area contributed by atoms with Gasteiger partial charge in [0.25, 0.3) is 0 Å².